The molecule has 0 aliphatic heterocycles. The fourth-order valence-corrected chi connectivity index (χ4v) is 1.54. The Hall–Kier alpha value is -2.42. The maximum atomic E-state index is 13.4. The van der Waals surface area contributed by atoms with Crippen LogP contribution >= 0.6 is 0 Å². The molecule has 112 valence electrons. The van der Waals surface area contributed by atoms with Gasteiger partial charge in [0.1, 0.15) is 12.2 Å². The Bertz CT molecular complexity index is 673. The third-order valence-electron chi connectivity index (χ3n) is 2.60. The summed E-state index contributed by atoms with van der Waals surface area (Å²) in [6, 6.07) is 1.61. The smallest absolute Gasteiger partial charge is 0.246 e. The van der Waals surface area contributed by atoms with Gasteiger partial charge in [-0.05, 0) is 19.1 Å². The summed E-state index contributed by atoms with van der Waals surface area (Å²) in [6.07, 6.45) is 0.497. The topological polar surface area (TPSA) is 80.0 Å². The summed E-state index contributed by atoms with van der Waals surface area (Å²) < 4.78 is 40.2. The first-order chi connectivity index (χ1) is 9.88. The zero-order valence-electron chi connectivity index (χ0n) is 10.8. The van der Waals surface area contributed by atoms with Gasteiger partial charge in [-0.2, -0.15) is 0 Å². The number of benzene rings is 1. The van der Waals surface area contributed by atoms with Crippen molar-refractivity contribution in [2.45, 2.75) is 19.6 Å². The Morgan fingerprint density at radius 2 is 2.10 bits per heavy atom. The molecule has 0 saturated heterocycles. The maximum Gasteiger partial charge on any atom is 0.246 e. The number of hydrogen-bond donors (Lipinski definition) is 2. The highest BCUT2D eigenvalue weighted by atomic mass is 19.2. The van der Waals surface area contributed by atoms with Crippen LogP contribution in [0.2, 0.25) is 0 Å². The molecule has 0 saturated carbocycles. The SMILES string of the molecule is CC(O)c1cn(CC(=O)Nc2ccc(F)c(F)c2F)nn1. The van der Waals surface area contributed by atoms with E-state index in [4.69, 9.17) is 0 Å². The van der Waals surface area contributed by atoms with Gasteiger partial charge in [0.2, 0.25) is 5.91 Å². The van der Waals surface area contributed by atoms with Gasteiger partial charge < -0.3 is 10.4 Å². The van der Waals surface area contributed by atoms with Crippen LogP contribution in [0.4, 0.5) is 18.9 Å². The van der Waals surface area contributed by atoms with Gasteiger partial charge in [0.15, 0.2) is 17.5 Å². The lowest BCUT2D eigenvalue weighted by atomic mass is 10.2. The molecule has 9 heteroatoms. The van der Waals surface area contributed by atoms with E-state index >= 15 is 0 Å². The normalized spacial score (nSPS) is 12.2. The lowest BCUT2D eigenvalue weighted by molar-refractivity contribution is -0.117. The van der Waals surface area contributed by atoms with E-state index in [1.807, 2.05) is 0 Å². The number of halogens is 3. The van der Waals surface area contributed by atoms with Crippen molar-refractivity contribution in [2.24, 2.45) is 0 Å². The zero-order valence-corrected chi connectivity index (χ0v) is 10.8. The summed E-state index contributed by atoms with van der Waals surface area (Å²) in [5.41, 5.74) is -0.212. The molecule has 0 spiro atoms. The molecule has 0 fully saturated rings. The number of nitrogens with one attached hydrogen (secondary N) is 1. The lowest BCUT2D eigenvalue weighted by Crippen LogP contribution is -2.20. The molecule has 0 aliphatic carbocycles. The molecule has 1 atom stereocenters. The van der Waals surface area contributed by atoms with E-state index in [1.54, 1.807) is 0 Å². The Kier molecular flexibility index (Phi) is 4.22. The predicted octanol–water partition coefficient (Wildman–Crippen LogP) is 1.39. The molecule has 1 unspecified atom stereocenters. The molecule has 6 nitrogen and oxygen atoms in total. The Labute approximate surface area is 117 Å². The number of carbonyl (C=O) groups is 1. The summed E-state index contributed by atoms with van der Waals surface area (Å²) >= 11 is 0. The monoisotopic (exact) mass is 300 g/mol. The summed E-state index contributed by atoms with van der Waals surface area (Å²) in [4.78, 5) is 11.7. The second-order valence-electron chi connectivity index (χ2n) is 4.29. The van der Waals surface area contributed by atoms with Crippen molar-refractivity contribution in [3.63, 3.8) is 0 Å². The third kappa shape index (κ3) is 3.37. The lowest BCUT2D eigenvalue weighted by Gasteiger charge is -2.07. The first-order valence-electron chi connectivity index (χ1n) is 5.90. The summed E-state index contributed by atoms with van der Waals surface area (Å²) in [6.45, 7) is 1.16. The second kappa shape index (κ2) is 5.92. The first-order valence-corrected chi connectivity index (χ1v) is 5.90. The van der Waals surface area contributed by atoms with Crippen molar-refractivity contribution in [1.82, 2.24) is 15.0 Å². The first kappa shape index (κ1) is 15.0. The van der Waals surface area contributed by atoms with Gasteiger partial charge in [-0.15, -0.1) is 5.10 Å². The number of carbonyl (C=O) groups excluding carboxylic acids is 1. The standard InChI is InChI=1S/C12H11F3N4O2/c1-6(20)9-4-19(18-17-9)5-10(21)16-8-3-2-7(13)11(14)12(8)15/h2-4,6,20H,5H2,1H3,(H,16,21). The molecular weight excluding hydrogens is 289 g/mol. The molecule has 21 heavy (non-hydrogen) atoms. The van der Waals surface area contributed by atoms with Crippen molar-refractivity contribution >= 4 is 11.6 Å². The average molecular weight is 300 g/mol. The molecule has 1 aromatic heterocycles. The van der Waals surface area contributed by atoms with E-state index in [0.717, 1.165) is 10.7 Å². The number of aliphatic hydroxyl groups is 1. The summed E-state index contributed by atoms with van der Waals surface area (Å²) in [7, 11) is 0. The van der Waals surface area contributed by atoms with Crippen LogP contribution < -0.4 is 5.32 Å². The van der Waals surface area contributed by atoms with Crippen LogP contribution in [0.5, 0.6) is 0 Å². The molecular formula is C12H11F3N4O2. The highest BCUT2D eigenvalue weighted by Crippen LogP contribution is 2.19. The minimum Gasteiger partial charge on any atom is -0.387 e. The van der Waals surface area contributed by atoms with Crippen LogP contribution in [0.3, 0.4) is 0 Å². The second-order valence-corrected chi connectivity index (χ2v) is 4.29. The van der Waals surface area contributed by atoms with Crippen LogP contribution in [0.25, 0.3) is 0 Å². The van der Waals surface area contributed by atoms with Crippen LogP contribution in [0, 0.1) is 17.5 Å². The molecule has 2 rings (SSSR count). The molecule has 1 amide bonds. The minimum atomic E-state index is -1.66. The van der Waals surface area contributed by atoms with Crippen molar-refractivity contribution in [3.8, 4) is 0 Å². The van der Waals surface area contributed by atoms with Crippen LogP contribution in [-0.4, -0.2) is 26.0 Å². The molecule has 2 N–H and O–H groups in total. The van der Waals surface area contributed by atoms with Gasteiger partial charge in [0, 0.05) is 0 Å². The molecule has 0 radical (unpaired) electrons. The Morgan fingerprint density at radius 1 is 1.38 bits per heavy atom. The molecule has 1 heterocycles. The molecule has 0 bridgehead atoms. The average Bonchev–Trinajstić information content (AvgIpc) is 2.88. The van der Waals surface area contributed by atoms with Crippen molar-refractivity contribution in [1.29, 1.82) is 0 Å². The van der Waals surface area contributed by atoms with Gasteiger partial charge >= 0.3 is 0 Å². The maximum absolute atomic E-state index is 13.4. The van der Waals surface area contributed by atoms with E-state index in [0.29, 0.717) is 6.07 Å². The predicted molar refractivity (Wildman–Crippen MR) is 65.6 cm³/mol. The van der Waals surface area contributed by atoms with E-state index < -0.39 is 35.2 Å². The van der Waals surface area contributed by atoms with Gasteiger partial charge in [-0.3, -0.25) is 4.79 Å². The number of hydrogen-bond acceptors (Lipinski definition) is 4. The quantitative estimate of drug-likeness (QED) is 0.836. The fourth-order valence-electron chi connectivity index (χ4n) is 1.54. The molecule has 1 aromatic carbocycles. The Morgan fingerprint density at radius 3 is 2.71 bits per heavy atom. The van der Waals surface area contributed by atoms with Gasteiger partial charge in [0.25, 0.3) is 0 Å². The third-order valence-corrected chi connectivity index (χ3v) is 2.60. The summed E-state index contributed by atoms with van der Waals surface area (Å²) in [5.74, 6) is -5.19. The van der Waals surface area contributed by atoms with Crippen molar-refractivity contribution in [2.75, 3.05) is 5.32 Å². The number of aliphatic hydroxyl groups excluding tert-OH is 1. The number of amides is 1. The number of anilines is 1. The highest BCUT2D eigenvalue weighted by Gasteiger charge is 2.16. The highest BCUT2D eigenvalue weighted by molar-refractivity contribution is 5.90. The number of aromatic nitrogens is 3. The molecule has 2 aromatic rings. The van der Waals surface area contributed by atoms with Crippen molar-refractivity contribution in [3.05, 3.63) is 41.5 Å². The van der Waals surface area contributed by atoms with E-state index in [2.05, 4.69) is 15.6 Å². The van der Waals surface area contributed by atoms with Crippen LogP contribution in [-0.2, 0) is 11.3 Å². The van der Waals surface area contributed by atoms with Gasteiger partial charge in [-0.25, -0.2) is 17.9 Å². The van der Waals surface area contributed by atoms with Gasteiger partial charge in [0.05, 0.1) is 18.0 Å². The van der Waals surface area contributed by atoms with E-state index in [-0.39, 0.29) is 12.2 Å². The zero-order chi connectivity index (χ0) is 15.6. The number of rotatable bonds is 4. The van der Waals surface area contributed by atoms with E-state index in [9.17, 15) is 23.1 Å². The number of nitrogens with zero attached hydrogens (tertiary/aromatic N) is 3. The molecule has 0 aliphatic rings. The van der Waals surface area contributed by atoms with Crippen LogP contribution in [0.15, 0.2) is 18.3 Å². The Balaban J connectivity index is 2.06. The fraction of sp³-hybridized carbons (Fsp3) is 0.250. The van der Waals surface area contributed by atoms with Crippen molar-refractivity contribution < 1.29 is 23.1 Å². The van der Waals surface area contributed by atoms with E-state index in [1.165, 1.54) is 13.1 Å². The van der Waals surface area contributed by atoms with Crippen LogP contribution in [0.1, 0.15) is 18.7 Å². The minimum absolute atomic E-state index is 0.266. The summed E-state index contributed by atoms with van der Waals surface area (Å²) in [5, 5.41) is 18.6. The van der Waals surface area contributed by atoms with Gasteiger partial charge in [-0.1, -0.05) is 5.21 Å². The largest absolute Gasteiger partial charge is 0.387 e.